The van der Waals surface area contributed by atoms with Crippen LogP contribution in [0, 0.1) is 6.92 Å². The Bertz CT molecular complexity index is 632. The molecular formula is C11H9N3O3. The Morgan fingerprint density at radius 3 is 2.88 bits per heavy atom. The zero-order chi connectivity index (χ0) is 12.0. The van der Waals surface area contributed by atoms with Crippen molar-refractivity contribution in [3.8, 4) is 0 Å². The summed E-state index contributed by atoms with van der Waals surface area (Å²) >= 11 is 0. The summed E-state index contributed by atoms with van der Waals surface area (Å²) < 4.78 is 5.49. The first-order valence-electron chi connectivity index (χ1n) is 5.12. The third-order valence-corrected chi connectivity index (χ3v) is 2.59. The van der Waals surface area contributed by atoms with E-state index in [0.717, 1.165) is 5.69 Å². The molecule has 2 N–H and O–H groups in total. The highest BCUT2D eigenvalue weighted by molar-refractivity contribution is 6.04. The molecule has 2 aromatic rings. The number of nitrogens with one attached hydrogen (secondary N) is 2. The molecule has 1 aliphatic rings. The SMILES string of the molecule is Cc1ccc2oc(C3NC(=O)NC3=O)cc2n1. The number of aromatic nitrogens is 1. The lowest BCUT2D eigenvalue weighted by molar-refractivity contribution is -0.120. The summed E-state index contributed by atoms with van der Waals surface area (Å²) in [6.45, 7) is 1.87. The van der Waals surface area contributed by atoms with Gasteiger partial charge in [-0.1, -0.05) is 0 Å². The summed E-state index contributed by atoms with van der Waals surface area (Å²) in [5.41, 5.74) is 2.14. The van der Waals surface area contributed by atoms with E-state index in [1.165, 1.54) is 0 Å². The fourth-order valence-corrected chi connectivity index (χ4v) is 1.80. The normalized spacial score (nSPS) is 19.5. The van der Waals surface area contributed by atoms with Crippen molar-refractivity contribution in [2.75, 3.05) is 0 Å². The van der Waals surface area contributed by atoms with E-state index < -0.39 is 18.0 Å². The molecule has 3 heterocycles. The first-order valence-corrected chi connectivity index (χ1v) is 5.12. The van der Waals surface area contributed by atoms with Crippen molar-refractivity contribution in [1.82, 2.24) is 15.6 Å². The summed E-state index contributed by atoms with van der Waals surface area (Å²) in [6.07, 6.45) is 0. The van der Waals surface area contributed by atoms with Crippen molar-refractivity contribution in [1.29, 1.82) is 0 Å². The van der Waals surface area contributed by atoms with Crippen LogP contribution in [0.1, 0.15) is 17.5 Å². The minimum Gasteiger partial charge on any atom is -0.457 e. The van der Waals surface area contributed by atoms with E-state index in [1.807, 2.05) is 13.0 Å². The predicted octanol–water partition coefficient (Wildman–Crippen LogP) is 1.02. The van der Waals surface area contributed by atoms with Crippen LogP contribution in [0.5, 0.6) is 0 Å². The van der Waals surface area contributed by atoms with Crippen LogP contribution < -0.4 is 10.6 Å². The maximum absolute atomic E-state index is 11.5. The van der Waals surface area contributed by atoms with Gasteiger partial charge in [-0.05, 0) is 19.1 Å². The minimum absolute atomic E-state index is 0.390. The average molecular weight is 231 g/mol. The summed E-state index contributed by atoms with van der Waals surface area (Å²) in [6, 6.07) is 4.00. The molecule has 86 valence electrons. The molecule has 1 atom stereocenters. The highest BCUT2D eigenvalue weighted by Crippen LogP contribution is 2.24. The van der Waals surface area contributed by atoms with E-state index in [9.17, 15) is 9.59 Å². The number of rotatable bonds is 1. The molecule has 0 radical (unpaired) electrons. The highest BCUT2D eigenvalue weighted by Gasteiger charge is 2.33. The molecule has 1 fully saturated rings. The van der Waals surface area contributed by atoms with Crippen LogP contribution in [0.4, 0.5) is 4.79 Å². The average Bonchev–Trinajstić information content (AvgIpc) is 2.80. The summed E-state index contributed by atoms with van der Waals surface area (Å²) in [5.74, 6) is -0.0211. The second-order valence-corrected chi connectivity index (χ2v) is 3.88. The van der Waals surface area contributed by atoms with E-state index in [0.29, 0.717) is 16.9 Å². The number of aryl methyl sites for hydroxylation is 1. The van der Waals surface area contributed by atoms with Gasteiger partial charge in [0.1, 0.15) is 11.3 Å². The van der Waals surface area contributed by atoms with Crippen molar-refractivity contribution in [2.45, 2.75) is 13.0 Å². The fraction of sp³-hybridized carbons (Fsp3) is 0.182. The van der Waals surface area contributed by atoms with E-state index in [2.05, 4.69) is 15.6 Å². The number of furan rings is 1. The Morgan fingerprint density at radius 2 is 2.18 bits per heavy atom. The third-order valence-electron chi connectivity index (χ3n) is 2.59. The van der Waals surface area contributed by atoms with Gasteiger partial charge in [-0.25, -0.2) is 9.78 Å². The largest absolute Gasteiger partial charge is 0.457 e. The molecule has 1 saturated heterocycles. The molecule has 1 unspecified atom stereocenters. The van der Waals surface area contributed by atoms with Crippen LogP contribution >= 0.6 is 0 Å². The third kappa shape index (κ3) is 1.54. The van der Waals surface area contributed by atoms with Crippen molar-refractivity contribution >= 4 is 23.0 Å². The predicted molar refractivity (Wildman–Crippen MR) is 58.2 cm³/mol. The van der Waals surface area contributed by atoms with E-state index >= 15 is 0 Å². The number of pyridine rings is 1. The number of hydrogen-bond acceptors (Lipinski definition) is 4. The number of fused-ring (bicyclic) bond motifs is 1. The van der Waals surface area contributed by atoms with Crippen molar-refractivity contribution in [3.05, 3.63) is 29.7 Å². The molecule has 0 aromatic carbocycles. The number of carbonyl (C=O) groups excluding carboxylic acids is 2. The second kappa shape index (κ2) is 3.31. The quantitative estimate of drug-likeness (QED) is 0.717. The van der Waals surface area contributed by atoms with Gasteiger partial charge in [-0.2, -0.15) is 0 Å². The van der Waals surface area contributed by atoms with Gasteiger partial charge in [0.15, 0.2) is 11.6 Å². The van der Waals surface area contributed by atoms with Gasteiger partial charge >= 0.3 is 6.03 Å². The van der Waals surface area contributed by atoms with Gasteiger partial charge < -0.3 is 9.73 Å². The lowest BCUT2D eigenvalue weighted by atomic mass is 10.2. The number of urea groups is 1. The van der Waals surface area contributed by atoms with E-state index in [4.69, 9.17) is 4.42 Å². The topological polar surface area (TPSA) is 84.2 Å². The van der Waals surface area contributed by atoms with E-state index in [-0.39, 0.29) is 0 Å². The monoisotopic (exact) mass is 231 g/mol. The molecule has 6 nitrogen and oxygen atoms in total. The molecule has 0 spiro atoms. The molecule has 2 aromatic heterocycles. The van der Waals surface area contributed by atoms with Crippen LogP contribution in [-0.4, -0.2) is 16.9 Å². The molecular weight excluding hydrogens is 222 g/mol. The van der Waals surface area contributed by atoms with Crippen LogP contribution in [0.3, 0.4) is 0 Å². The maximum atomic E-state index is 11.5. The van der Waals surface area contributed by atoms with Gasteiger partial charge in [0.25, 0.3) is 5.91 Å². The number of hydrogen-bond donors (Lipinski definition) is 2. The second-order valence-electron chi connectivity index (χ2n) is 3.88. The summed E-state index contributed by atoms with van der Waals surface area (Å²) in [5, 5.41) is 4.63. The molecule has 17 heavy (non-hydrogen) atoms. The number of amides is 3. The smallest absolute Gasteiger partial charge is 0.322 e. The van der Waals surface area contributed by atoms with Gasteiger partial charge in [-0.15, -0.1) is 0 Å². The van der Waals surface area contributed by atoms with Gasteiger partial charge in [0, 0.05) is 11.8 Å². The Labute approximate surface area is 96.0 Å². The standard InChI is InChI=1S/C11H9N3O3/c1-5-2-3-7-6(12-5)4-8(17-7)9-10(15)14-11(16)13-9/h2-4,9H,1H3,(H2,13,14,15,16). The number of carbonyl (C=O) groups is 2. The first kappa shape index (κ1) is 9.83. The zero-order valence-corrected chi connectivity index (χ0v) is 8.98. The van der Waals surface area contributed by atoms with Crippen molar-refractivity contribution in [3.63, 3.8) is 0 Å². The molecule has 0 saturated carbocycles. The van der Waals surface area contributed by atoms with Crippen LogP contribution in [0.15, 0.2) is 22.6 Å². The van der Waals surface area contributed by atoms with Crippen LogP contribution in [0.2, 0.25) is 0 Å². The number of nitrogens with zero attached hydrogens (tertiary/aromatic N) is 1. The van der Waals surface area contributed by atoms with Crippen LogP contribution in [0.25, 0.3) is 11.1 Å². The first-order chi connectivity index (χ1) is 8.13. The zero-order valence-electron chi connectivity index (χ0n) is 8.98. The Kier molecular flexibility index (Phi) is 1.91. The van der Waals surface area contributed by atoms with Crippen molar-refractivity contribution in [2.24, 2.45) is 0 Å². The van der Waals surface area contributed by atoms with Gasteiger partial charge in [0.2, 0.25) is 0 Å². The Balaban J connectivity index is 2.06. The van der Waals surface area contributed by atoms with Gasteiger partial charge in [0.05, 0.1) is 0 Å². The highest BCUT2D eigenvalue weighted by atomic mass is 16.3. The maximum Gasteiger partial charge on any atom is 0.322 e. The Morgan fingerprint density at radius 1 is 1.35 bits per heavy atom. The fourth-order valence-electron chi connectivity index (χ4n) is 1.80. The molecule has 0 aliphatic carbocycles. The molecule has 1 aliphatic heterocycles. The minimum atomic E-state index is -0.767. The van der Waals surface area contributed by atoms with Crippen LogP contribution in [-0.2, 0) is 4.79 Å². The number of imide groups is 1. The van der Waals surface area contributed by atoms with Gasteiger partial charge in [-0.3, -0.25) is 10.1 Å². The molecule has 0 bridgehead atoms. The summed E-state index contributed by atoms with van der Waals surface area (Å²) in [4.78, 5) is 26.7. The van der Waals surface area contributed by atoms with E-state index in [1.54, 1.807) is 12.1 Å². The van der Waals surface area contributed by atoms with Crippen molar-refractivity contribution < 1.29 is 14.0 Å². The lowest BCUT2D eigenvalue weighted by Gasteiger charge is -2.00. The molecule has 3 amide bonds. The lowest BCUT2D eigenvalue weighted by Crippen LogP contribution is -2.22. The summed E-state index contributed by atoms with van der Waals surface area (Å²) in [7, 11) is 0. The Hall–Kier alpha value is -2.37. The molecule has 3 rings (SSSR count). The molecule has 6 heteroatoms.